The second-order valence-corrected chi connectivity index (χ2v) is 6.32. The van der Waals surface area contributed by atoms with Gasteiger partial charge in [-0.3, -0.25) is 9.69 Å². The molecule has 0 saturated carbocycles. The lowest BCUT2D eigenvalue weighted by Crippen LogP contribution is -2.32. The number of anilines is 1. The molecule has 3 heterocycles. The maximum absolute atomic E-state index is 12.6. The molecule has 4 rings (SSSR count). The van der Waals surface area contributed by atoms with E-state index in [0.717, 1.165) is 31.9 Å². The first-order valence-electron chi connectivity index (χ1n) is 7.88. The third-order valence-electron chi connectivity index (χ3n) is 4.96. The first-order chi connectivity index (χ1) is 10.7. The van der Waals surface area contributed by atoms with Crippen LogP contribution in [0.1, 0.15) is 10.4 Å². The van der Waals surface area contributed by atoms with Crippen LogP contribution in [0, 0.1) is 11.8 Å². The van der Waals surface area contributed by atoms with Crippen LogP contribution in [-0.4, -0.2) is 56.1 Å². The minimum Gasteiger partial charge on any atom is -0.338 e. The van der Waals surface area contributed by atoms with Crippen molar-refractivity contribution in [2.75, 3.05) is 44.2 Å². The van der Waals surface area contributed by atoms with Gasteiger partial charge < -0.3 is 15.5 Å². The number of rotatable bonds is 2. The molecule has 2 N–H and O–H groups in total. The molecular formula is C16H21ClN4O2. The smallest absolute Gasteiger partial charge is 0.321 e. The Bertz CT molecular complexity index is 595. The zero-order valence-electron chi connectivity index (χ0n) is 12.8. The first kappa shape index (κ1) is 16.1. The number of amides is 3. The molecule has 1 aromatic carbocycles. The quantitative estimate of drug-likeness (QED) is 0.844. The van der Waals surface area contributed by atoms with Gasteiger partial charge >= 0.3 is 6.03 Å². The number of nitrogens with one attached hydrogen (secondary N) is 2. The summed E-state index contributed by atoms with van der Waals surface area (Å²) in [5.74, 6) is 1.32. The highest BCUT2D eigenvalue weighted by Crippen LogP contribution is 2.28. The molecule has 124 valence electrons. The number of likely N-dealkylation sites (tertiary alicyclic amines) is 1. The van der Waals surface area contributed by atoms with Gasteiger partial charge in [-0.25, -0.2) is 4.79 Å². The molecule has 6 nitrogen and oxygen atoms in total. The second kappa shape index (κ2) is 6.37. The summed E-state index contributed by atoms with van der Waals surface area (Å²) in [6, 6.07) is 7.30. The molecule has 1 aromatic rings. The molecule has 3 amide bonds. The fraction of sp³-hybridized carbons (Fsp3) is 0.500. The molecule has 3 aliphatic heterocycles. The summed E-state index contributed by atoms with van der Waals surface area (Å²) in [6.45, 7) is 5.10. The van der Waals surface area contributed by atoms with Crippen LogP contribution in [0.5, 0.6) is 0 Å². The fourth-order valence-corrected chi connectivity index (χ4v) is 3.71. The van der Waals surface area contributed by atoms with E-state index in [-0.39, 0.29) is 24.3 Å². The predicted molar refractivity (Wildman–Crippen MR) is 90.2 cm³/mol. The molecule has 0 radical (unpaired) electrons. The van der Waals surface area contributed by atoms with Crippen LogP contribution in [0.25, 0.3) is 0 Å². The average molecular weight is 337 g/mol. The number of urea groups is 1. The average Bonchev–Trinajstić information content (AvgIpc) is 3.22. The Labute approximate surface area is 141 Å². The van der Waals surface area contributed by atoms with Gasteiger partial charge in [0, 0.05) is 50.5 Å². The highest BCUT2D eigenvalue weighted by Gasteiger charge is 2.38. The Morgan fingerprint density at radius 1 is 1.09 bits per heavy atom. The molecular weight excluding hydrogens is 316 g/mol. The molecule has 0 aliphatic carbocycles. The largest absolute Gasteiger partial charge is 0.338 e. The molecule has 7 heteroatoms. The highest BCUT2D eigenvalue weighted by molar-refractivity contribution is 5.97. The Morgan fingerprint density at radius 3 is 2.30 bits per heavy atom. The van der Waals surface area contributed by atoms with Crippen molar-refractivity contribution >= 4 is 30.0 Å². The van der Waals surface area contributed by atoms with Gasteiger partial charge in [-0.05, 0) is 36.1 Å². The minimum absolute atomic E-state index is 0. The van der Waals surface area contributed by atoms with E-state index >= 15 is 0 Å². The lowest BCUT2D eigenvalue weighted by atomic mass is 10.0. The molecule has 0 aromatic heterocycles. The van der Waals surface area contributed by atoms with E-state index < -0.39 is 0 Å². The maximum atomic E-state index is 12.6. The standard InChI is InChI=1S/C16H20N4O2.ClH/c21-15(19-9-12-7-17-8-13(12)10-19)11-1-3-14(4-2-11)20-6-5-18-16(20)22;/h1-4,12-13,17H,5-10H2,(H,18,22);1H/t12-,13+;. The van der Waals surface area contributed by atoms with Crippen molar-refractivity contribution in [3.63, 3.8) is 0 Å². The lowest BCUT2D eigenvalue weighted by Gasteiger charge is -2.19. The Balaban J connectivity index is 0.00000156. The van der Waals surface area contributed by atoms with Crippen LogP contribution in [0.4, 0.5) is 10.5 Å². The molecule has 0 spiro atoms. The third-order valence-corrected chi connectivity index (χ3v) is 4.96. The number of benzene rings is 1. The number of hydrogen-bond donors (Lipinski definition) is 2. The van der Waals surface area contributed by atoms with E-state index in [4.69, 9.17) is 0 Å². The van der Waals surface area contributed by atoms with E-state index in [9.17, 15) is 9.59 Å². The van der Waals surface area contributed by atoms with Gasteiger partial charge in [0.2, 0.25) is 0 Å². The van der Waals surface area contributed by atoms with E-state index in [2.05, 4.69) is 10.6 Å². The molecule has 3 fully saturated rings. The highest BCUT2D eigenvalue weighted by atomic mass is 35.5. The van der Waals surface area contributed by atoms with Crippen molar-refractivity contribution in [1.82, 2.24) is 15.5 Å². The predicted octanol–water partition coefficient (Wildman–Crippen LogP) is 0.929. The zero-order valence-corrected chi connectivity index (χ0v) is 13.6. The number of halogens is 1. The Hall–Kier alpha value is -1.79. The third kappa shape index (κ3) is 2.88. The SMILES string of the molecule is Cl.O=C(c1ccc(N2CCNC2=O)cc1)N1C[C@H]2CNC[C@H]2C1. The van der Waals surface area contributed by atoms with Gasteiger partial charge in [-0.1, -0.05) is 0 Å². The van der Waals surface area contributed by atoms with E-state index in [0.29, 0.717) is 30.5 Å². The van der Waals surface area contributed by atoms with Crippen molar-refractivity contribution in [2.45, 2.75) is 0 Å². The number of fused-ring (bicyclic) bond motifs is 1. The minimum atomic E-state index is -0.0704. The molecule has 23 heavy (non-hydrogen) atoms. The van der Waals surface area contributed by atoms with E-state index in [1.54, 1.807) is 4.90 Å². The maximum Gasteiger partial charge on any atom is 0.321 e. The monoisotopic (exact) mass is 336 g/mol. The van der Waals surface area contributed by atoms with Crippen LogP contribution in [-0.2, 0) is 0 Å². The summed E-state index contributed by atoms with van der Waals surface area (Å²) < 4.78 is 0. The fourth-order valence-electron chi connectivity index (χ4n) is 3.71. The summed E-state index contributed by atoms with van der Waals surface area (Å²) in [4.78, 5) is 27.9. The van der Waals surface area contributed by atoms with E-state index in [1.807, 2.05) is 29.2 Å². The normalized spacial score (nSPS) is 26.0. The van der Waals surface area contributed by atoms with Gasteiger partial charge in [0.1, 0.15) is 0 Å². The summed E-state index contributed by atoms with van der Waals surface area (Å²) in [6.07, 6.45) is 0. The lowest BCUT2D eigenvalue weighted by molar-refractivity contribution is 0.0781. The molecule has 3 saturated heterocycles. The summed E-state index contributed by atoms with van der Waals surface area (Å²) >= 11 is 0. The van der Waals surface area contributed by atoms with Gasteiger partial charge in [-0.15, -0.1) is 12.4 Å². The summed E-state index contributed by atoms with van der Waals surface area (Å²) in [7, 11) is 0. The first-order valence-corrected chi connectivity index (χ1v) is 7.88. The molecule has 2 atom stereocenters. The number of carbonyl (C=O) groups is 2. The summed E-state index contributed by atoms with van der Waals surface area (Å²) in [5.41, 5.74) is 1.55. The van der Waals surface area contributed by atoms with Crippen LogP contribution < -0.4 is 15.5 Å². The van der Waals surface area contributed by atoms with Crippen molar-refractivity contribution in [1.29, 1.82) is 0 Å². The van der Waals surface area contributed by atoms with Crippen molar-refractivity contribution in [3.8, 4) is 0 Å². The second-order valence-electron chi connectivity index (χ2n) is 6.32. The number of hydrogen-bond acceptors (Lipinski definition) is 3. The van der Waals surface area contributed by atoms with Gasteiger partial charge in [0.05, 0.1) is 0 Å². The Kier molecular flexibility index (Phi) is 4.46. The number of nitrogens with zero attached hydrogens (tertiary/aromatic N) is 2. The van der Waals surface area contributed by atoms with Crippen LogP contribution in [0.15, 0.2) is 24.3 Å². The van der Waals surface area contributed by atoms with Crippen LogP contribution in [0.2, 0.25) is 0 Å². The Morgan fingerprint density at radius 2 is 1.74 bits per heavy atom. The van der Waals surface area contributed by atoms with E-state index in [1.165, 1.54) is 0 Å². The number of carbonyl (C=O) groups excluding carboxylic acids is 2. The summed E-state index contributed by atoms with van der Waals surface area (Å²) in [5, 5.41) is 6.16. The topological polar surface area (TPSA) is 64.7 Å². The van der Waals surface area contributed by atoms with Crippen molar-refractivity contribution in [2.24, 2.45) is 11.8 Å². The molecule has 0 bridgehead atoms. The molecule has 0 unspecified atom stereocenters. The van der Waals surface area contributed by atoms with Crippen molar-refractivity contribution < 1.29 is 9.59 Å². The van der Waals surface area contributed by atoms with Gasteiger partial charge in [0.25, 0.3) is 5.91 Å². The van der Waals surface area contributed by atoms with Crippen molar-refractivity contribution in [3.05, 3.63) is 29.8 Å². The molecule has 3 aliphatic rings. The van der Waals surface area contributed by atoms with Crippen LogP contribution >= 0.6 is 12.4 Å². The van der Waals surface area contributed by atoms with Gasteiger partial charge in [-0.2, -0.15) is 0 Å². The van der Waals surface area contributed by atoms with Gasteiger partial charge in [0.15, 0.2) is 0 Å². The van der Waals surface area contributed by atoms with Crippen LogP contribution in [0.3, 0.4) is 0 Å². The zero-order chi connectivity index (χ0) is 15.1.